The zero-order chi connectivity index (χ0) is 13.0. The molecule has 116 valence electrons. The van der Waals surface area contributed by atoms with Gasteiger partial charge in [0.15, 0.2) is 0 Å². The third-order valence-electron chi connectivity index (χ3n) is 3.37. The van der Waals surface area contributed by atoms with Crippen LogP contribution in [0.4, 0.5) is 0 Å². The standard InChI is InChI=1S/C14H22BrN3.2ClH/c1-11(2)10-13(18-8-6-16-7-9-18)12-4-3-5-14(15)17-12;;/h3-5,11,13,16H,6-10H2,1-2H3;2*1H/t13-;;/m0../s1. The van der Waals surface area contributed by atoms with Crippen LogP contribution in [0, 0.1) is 5.92 Å². The Balaban J connectivity index is 0.00000180. The van der Waals surface area contributed by atoms with Crippen molar-refractivity contribution in [1.82, 2.24) is 15.2 Å². The molecule has 0 unspecified atom stereocenters. The molecule has 6 heteroatoms. The van der Waals surface area contributed by atoms with Crippen molar-refractivity contribution in [2.24, 2.45) is 5.92 Å². The first-order valence-electron chi connectivity index (χ1n) is 6.74. The fourth-order valence-corrected chi connectivity index (χ4v) is 2.86. The minimum absolute atomic E-state index is 0. The summed E-state index contributed by atoms with van der Waals surface area (Å²) in [6, 6.07) is 6.68. The highest BCUT2D eigenvalue weighted by molar-refractivity contribution is 9.10. The summed E-state index contributed by atoms with van der Waals surface area (Å²) in [7, 11) is 0. The van der Waals surface area contributed by atoms with Gasteiger partial charge in [-0.3, -0.25) is 4.90 Å². The Morgan fingerprint density at radius 1 is 1.25 bits per heavy atom. The van der Waals surface area contributed by atoms with E-state index in [2.05, 4.69) is 57.1 Å². The lowest BCUT2D eigenvalue weighted by molar-refractivity contribution is 0.151. The van der Waals surface area contributed by atoms with Crippen LogP contribution >= 0.6 is 40.7 Å². The maximum Gasteiger partial charge on any atom is 0.106 e. The van der Waals surface area contributed by atoms with Gasteiger partial charge in [0.25, 0.3) is 0 Å². The van der Waals surface area contributed by atoms with Gasteiger partial charge >= 0.3 is 0 Å². The van der Waals surface area contributed by atoms with Crippen molar-refractivity contribution in [2.75, 3.05) is 26.2 Å². The number of nitrogens with one attached hydrogen (secondary N) is 1. The smallest absolute Gasteiger partial charge is 0.106 e. The van der Waals surface area contributed by atoms with E-state index in [4.69, 9.17) is 0 Å². The van der Waals surface area contributed by atoms with Crippen molar-refractivity contribution in [1.29, 1.82) is 0 Å². The zero-order valence-corrected chi connectivity index (χ0v) is 15.2. The Kier molecular flexibility index (Phi) is 10.0. The summed E-state index contributed by atoms with van der Waals surface area (Å²) in [6.07, 6.45) is 1.17. The Bertz CT molecular complexity index is 384. The van der Waals surface area contributed by atoms with E-state index in [-0.39, 0.29) is 24.8 Å². The number of halogens is 3. The number of piperazine rings is 1. The second-order valence-corrected chi connectivity index (χ2v) is 6.13. The number of hydrogen-bond acceptors (Lipinski definition) is 3. The summed E-state index contributed by atoms with van der Waals surface area (Å²) in [4.78, 5) is 7.22. The molecule has 1 saturated heterocycles. The molecule has 0 spiro atoms. The maximum atomic E-state index is 4.66. The van der Waals surface area contributed by atoms with Crippen LogP contribution in [0.15, 0.2) is 22.8 Å². The molecule has 1 N–H and O–H groups in total. The molecule has 0 saturated carbocycles. The Hall–Kier alpha value is 0.130. The van der Waals surface area contributed by atoms with Gasteiger partial charge in [-0.2, -0.15) is 0 Å². The average Bonchev–Trinajstić information content (AvgIpc) is 2.37. The summed E-state index contributed by atoms with van der Waals surface area (Å²) < 4.78 is 0.934. The molecule has 0 radical (unpaired) electrons. The minimum Gasteiger partial charge on any atom is -0.314 e. The Morgan fingerprint density at radius 2 is 1.90 bits per heavy atom. The quantitative estimate of drug-likeness (QED) is 0.802. The van der Waals surface area contributed by atoms with Crippen LogP contribution in [0.1, 0.15) is 32.0 Å². The number of nitrogens with zero attached hydrogens (tertiary/aromatic N) is 2. The molecule has 0 amide bonds. The molecule has 0 aromatic carbocycles. The second kappa shape index (κ2) is 9.96. The largest absolute Gasteiger partial charge is 0.314 e. The first-order chi connectivity index (χ1) is 8.66. The highest BCUT2D eigenvalue weighted by atomic mass is 79.9. The second-order valence-electron chi connectivity index (χ2n) is 5.32. The first-order valence-corrected chi connectivity index (χ1v) is 7.53. The topological polar surface area (TPSA) is 28.2 Å². The minimum atomic E-state index is 0. The third-order valence-corrected chi connectivity index (χ3v) is 3.81. The summed E-state index contributed by atoms with van der Waals surface area (Å²) in [5, 5.41) is 3.41. The molecular weight excluding hydrogens is 361 g/mol. The molecule has 1 atom stereocenters. The lowest BCUT2D eigenvalue weighted by Gasteiger charge is -2.35. The summed E-state index contributed by atoms with van der Waals surface area (Å²) in [5.74, 6) is 0.686. The molecule has 2 heterocycles. The molecule has 1 aliphatic rings. The summed E-state index contributed by atoms with van der Waals surface area (Å²) >= 11 is 3.48. The first kappa shape index (κ1) is 20.1. The maximum absolute atomic E-state index is 4.66. The van der Waals surface area contributed by atoms with E-state index in [0.717, 1.165) is 30.8 Å². The van der Waals surface area contributed by atoms with Gasteiger partial charge in [-0.1, -0.05) is 19.9 Å². The monoisotopic (exact) mass is 383 g/mol. The van der Waals surface area contributed by atoms with Gasteiger partial charge in [-0.15, -0.1) is 24.8 Å². The van der Waals surface area contributed by atoms with Crippen molar-refractivity contribution >= 4 is 40.7 Å². The van der Waals surface area contributed by atoms with Crippen molar-refractivity contribution in [3.8, 4) is 0 Å². The van der Waals surface area contributed by atoms with E-state index in [9.17, 15) is 0 Å². The van der Waals surface area contributed by atoms with Gasteiger partial charge in [0, 0.05) is 26.2 Å². The lowest BCUT2D eigenvalue weighted by Crippen LogP contribution is -2.45. The SMILES string of the molecule is CC(C)C[C@@H](c1cccc(Br)n1)N1CCNCC1.Cl.Cl. The van der Waals surface area contributed by atoms with Crippen LogP contribution < -0.4 is 5.32 Å². The zero-order valence-electron chi connectivity index (χ0n) is 12.0. The van der Waals surface area contributed by atoms with E-state index in [0.29, 0.717) is 12.0 Å². The van der Waals surface area contributed by atoms with Crippen molar-refractivity contribution < 1.29 is 0 Å². The van der Waals surface area contributed by atoms with Crippen LogP contribution in [0.25, 0.3) is 0 Å². The Morgan fingerprint density at radius 3 is 2.45 bits per heavy atom. The summed E-state index contributed by atoms with van der Waals surface area (Å²) in [5.41, 5.74) is 1.19. The third kappa shape index (κ3) is 5.86. The highest BCUT2D eigenvalue weighted by Crippen LogP contribution is 2.27. The van der Waals surface area contributed by atoms with E-state index < -0.39 is 0 Å². The van der Waals surface area contributed by atoms with E-state index >= 15 is 0 Å². The molecular formula is C14H24BrCl2N3. The number of pyridine rings is 1. The fourth-order valence-electron chi connectivity index (χ4n) is 2.51. The van der Waals surface area contributed by atoms with Gasteiger partial charge in [0.1, 0.15) is 4.60 Å². The van der Waals surface area contributed by atoms with Crippen LogP contribution in [0.3, 0.4) is 0 Å². The predicted octanol–water partition coefficient (Wildman–Crippen LogP) is 3.68. The number of aromatic nitrogens is 1. The number of hydrogen-bond donors (Lipinski definition) is 1. The molecule has 0 aliphatic carbocycles. The highest BCUT2D eigenvalue weighted by Gasteiger charge is 2.24. The van der Waals surface area contributed by atoms with Gasteiger partial charge in [-0.25, -0.2) is 4.98 Å². The van der Waals surface area contributed by atoms with E-state index in [1.807, 2.05) is 6.07 Å². The predicted molar refractivity (Wildman–Crippen MR) is 93.1 cm³/mol. The van der Waals surface area contributed by atoms with Crippen molar-refractivity contribution in [2.45, 2.75) is 26.3 Å². The van der Waals surface area contributed by atoms with Crippen LogP contribution in [-0.2, 0) is 0 Å². The van der Waals surface area contributed by atoms with Crippen LogP contribution in [0.5, 0.6) is 0 Å². The van der Waals surface area contributed by atoms with Crippen LogP contribution in [-0.4, -0.2) is 36.1 Å². The van der Waals surface area contributed by atoms with Gasteiger partial charge in [-0.05, 0) is 40.4 Å². The molecule has 1 aromatic rings. The number of rotatable bonds is 4. The lowest BCUT2D eigenvalue weighted by atomic mass is 9.98. The molecule has 2 rings (SSSR count). The molecule has 3 nitrogen and oxygen atoms in total. The van der Waals surface area contributed by atoms with Gasteiger partial charge in [0.05, 0.1) is 11.7 Å². The average molecular weight is 385 g/mol. The van der Waals surface area contributed by atoms with Gasteiger partial charge in [0.2, 0.25) is 0 Å². The fraction of sp³-hybridized carbons (Fsp3) is 0.643. The molecule has 1 aromatic heterocycles. The molecule has 1 fully saturated rings. The normalized spacial score (nSPS) is 17.2. The van der Waals surface area contributed by atoms with Gasteiger partial charge < -0.3 is 5.32 Å². The van der Waals surface area contributed by atoms with Crippen LogP contribution in [0.2, 0.25) is 0 Å². The van der Waals surface area contributed by atoms with Crippen molar-refractivity contribution in [3.63, 3.8) is 0 Å². The van der Waals surface area contributed by atoms with E-state index in [1.165, 1.54) is 12.1 Å². The molecule has 20 heavy (non-hydrogen) atoms. The van der Waals surface area contributed by atoms with Crippen molar-refractivity contribution in [3.05, 3.63) is 28.5 Å². The van der Waals surface area contributed by atoms with E-state index in [1.54, 1.807) is 0 Å². The Labute approximate surface area is 142 Å². The summed E-state index contributed by atoms with van der Waals surface area (Å²) in [6.45, 7) is 8.97. The molecule has 0 bridgehead atoms. The molecule has 1 aliphatic heterocycles.